The van der Waals surface area contributed by atoms with Crippen LogP contribution in [0.4, 0.5) is 5.69 Å². The lowest BCUT2D eigenvalue weighted by atomic mass is 10.1. The van der Waals surface area contributed by atoms with Gasteiger partial charge in [-0.25, -0.2) is 0 Å². The number of carbonyl (C=O) groups excluding carboxylic acids is 2. The Bertz CT molecular complexity index is 594. The van der Waals surface area contributed by atoms with Gasteiger partial charge in [0.2, 0.25) is 11.8 Å². The van der Waals surface area contributed by atoms with E-state index in [-0.39, 0.29) is 18.2 Å². The Balaban J connectivity index is 1.49. The van der Waals surface area contributed by atoms with Gasteiger partial charge in [0.05, 0.1) is 0 Å². The number of halogens is 1. The maximum Gasteiger partial charge on any atom is 0.232 e. The van der Waals surface area contributed by atoms with Crippen LogP contribution < -0.4 is 4.90 Å². The number of nitrogens with zero attached hydrogens (tertiary/aromatic N) is 3. The Morgan fingerprint density at radius 3 is 2.12 bits per heavy atom. The molecule has 2 heterocycles. The largest absolute Gasteiger partial charge is 0.368 e. The fourth-order valence-electron chi connectivity index (χ4n) is 3.38. The minimum Gasteiger partial charge on any atom is -0.368 e. The number of amides is 2. The van der Waals surface area contributed by atoms with Crippen molar-refractivity contribution in [2.45, 2.75) is 25.7 Å². The summed E-state index contributed by atoms with van der Waals surface area (Å²) in [4.78, 5) is 30.5. The molecule has 24 heavy (non-hydrogen) atoms. The van der Waals surface area contributed by atoms with Crippen molar-refractivity contribution in [3.8, 4) is 0 Å². The topological polar surface area (TPSA) is 43.9 Å². The molecule has 2 amide bonds. The van der Waals surface area contributed by atoms with E-state index >= 15 is 0 Å². The molecule has 0 saturated carbocycles. The predicted molar refractivity (Wildman–Crippen MR) is 95.3 cm³/mol. The highest BCUT2D eigenvalue weighted by atomic mass is 35.5. The number of hydrogen-bond donors (Lipinski definition) is 0. The molecule has 2 aliphatic heterocycles. The fourth-order valence-corrected chi connectivity index (χ4v) is 3.57. The van der Waals surface area contributed by atoms with E-state index in [1.807, 2.05) is 34.1 Å². The van der Waals surface area contributed by atoms with Crippen LogP contribution in [0.15, 0.2) is 24.3 Å². The van der Waals surface area contributed by atoms with E-state index in [0.717, 1.165) is 49.7 Å². The smallest absolute Gasteiger partial charge is 0.232 e. The summed E-state index contributed by atoms with van der Waals surface area (Å²) in [5.74, 6) is -0.0618. The lowest BCUT2D eigenvalue weighted by Gasteiger charge is -2.36. The summed E-state index contributed by atoms with van der Waals surface area (Å²) in [6, 6.07) is 7.77. The minimum atomic E-state index is -0.0451. The first-order chi connectivity index (χ1) is 11.6. The van der Waals surface area contributed by atoms with Crippen molar-refractivity contribution < 1.29 is 9.59 Å². The molecule has 0 aliphatic carbocycles. The molecule has 0 aromatic heterocycles. The molecule has 2 saturated heterocycles. The van der Waals surface area contributed by atoms with Gasteiger partial charge in [-0.05, 0) is 37.5 Å². The zero-order valence-electron chi connectivity index (χ0n) is 13.9. The second-order valence-corrected chi connectivity index (χ2v) is 6.90. The minimum absolute atomic E-state index is 0.0111. The third-order valence-electron chi connectivity index (χ3n) is 4.82. The van der Waals surface area contributed by atoms with E-state index in [1.165, 1.54) is 6.42 Å². The summed E-state index contributed by atoms with van der Waals surface area (Å²) in [6.45, 7) is 4.44. The van der Waals surface area contributed by atoms with Gasteiger partial charge in [-0.15, -0.1) is 0 Å². The quantitative estimate of drug-likeness (QED) is 0.787. The van der Waals surface area contributed by atoms with Crippen LogP contribution >= 0.6 is 11.6 Å². The number of benzene rings is 1. The Morgan fingerprint density at radius 2 is 1.50 bits per heavy atom. The van der Waals surface area contributed by atoms with Crippen LogP contribution in [0.25, 0.3) is 0 Å². The predicted octanol–water partition coefficient (Wildman–Crippen LogP) is 2.39. The summed E-state index contributed by atoms with van der Waals surface area (Å²) in [6.07, 6.45) is 3.30. The molecular weight excluding hydrogens is 326 g/mol. The molecule has 0 radical (unpaired) electrons. The normalized spacial score (nSPS) is 18.6. The second-order valence-electron chi connectivity index (χ2n) is 6.47. The molecule has 6 heteroatoms. The molecule has 0 bridgehead atoms. The van der Waals surface area contributed by atoms with E-state index in [0.29, 0.717) is 13.1 Å². The Hall–Kier alpha value is -1.75. The lowest BCUT2D eigenvalue weighted by molar-refractivity contribution is -0.141. The Kier molecular flexibility index (Phi) is 5.61. The van der Waals surface area contributed by atoms with Crippen LogP contribution in [0.3, 0.4) is 0 Å². The van der Waals surface area contributed by atoms with E-state index < -0.39 is 0 Å². The van der Waals surface area contributed by atoms with Crippen LogP contribution in [-0.2, 0) is 9.59 Å². The summed E-state index contributed by atoms with van der Waals surface area (Å²) >= 11 is 6.04. The Morgan fingerprint density at radius 1 is 0.875 bits per heavy atom. The average molecular weight is 350 g/mol. The van der Waals surface area contributed by atoms with Crippen molar-refractivity contribution >= 4 is 29.1 Å². The van der Waals surface area contributed by atoms with Crippen molar-refractivity contribution in [2.24, 2.45) is 0 Å². The van der Waals surface area contributed by atoms with Crippen LogP contribution in [-0.4, -0.2) is 60.9 Å². The van der Waals surface area contributed by atoms with E-state index in [2.05, 4.69) is 4.90 Å². The standard InChI is InChI=1S/C18H24ClN3O2/c19-15-5-4-6-16(13-15)20-9-11-22(12-10-20)18(24)14-17(23)21-7-2-1-3-8-21/h4-6,13H,1-3,7-12,14H2. The summed E-state index contributed by atoms with van der Waals surface area (Å²) in [7, 11) is 0. The molecular formula is C18H24ClN3O2. The zero-order chi connectivity index (χ0) is 16.9. The highest BCUT2D eigenvalue weighted by Crippen LogP contribution is 2.21. The van der Waals surface area contributed by atoms with Gasteiger partial charge in [0.15, 0.2) is 0 Å². The molecule has 5 nitrogen and oxygen atoms in total. The van der Waals surface area contributed by atoms with Gasteiger partial charge in [-0.2, -0.15) is 0 Å². The van der Waals surface area contributed by atoms with Crippen molar-refractivity contribution in [3.05, 3.63) is 29.3 Å². The fraction of sp³-hybridized carbons (Fsp3) is 0.556. The van der Waals surface area contributed by atoms with E-state index in [9.17, 15) is 9.59 Å². The summed E-state index contributed by atoms with van der Waals surface area (Å²) in [5.41, 5.74) is 1.08. The average Bonchev–Trinajstić information content (AvgIpc) is 2.62. The zero-order valence-corrected chi connectivity index (χ0v) is 14.7. The molecule has 0 spiro atoms. The van der Waals surface area contributed by atoms with Crippen LogP contribution in [0, 0.1) is 0 Å². The molecule has 1 aromatic rings. The highest BCUT2D eigenvalue weighted by Gasteiger charge is 2.25. The first-order valence-corrected chi connectivity index (χ1v) is 9.07. The molecule has 0 atom stereocenters. The number of rotatable bonds is 3. The second kappa shape index (κ2) is 7.88. The maximum atomic E-state index is 12.4. The van der Waals surface area contributed by atoms with Crippen molar-refractivity contribution in [3.63, 3.8) is 0 Å². The van der Waals surface area contributed by atoms with Crippen molar-refractivity contribution in [1.29, 1.82) is 0 Å². The first kappa shape index (κ1) is 17.1. The Labute approximate surface area is 148 Å². The molecule has 0 unspecified atom stereocenters. The van der Waals surface area contributed by atoms with Gasteiger partial charge < -0.3 is 14.7 Å². The third kappa shape index (κ3) is 4.20. The summed E-state index contributed by atoms with van der Waals surface area (Å²) < 4.78 is 0. The maximum absolute atomic E-state index is 12.4. The van der Waals surface area contributed by atoms with Gasteiger partial charge in [0, 0.05) is 50.0 Å². The van der Waals surface area contributed by atoms with Gasteiger partial charge in [-0.1, -0.05) is 17.7 Å². The molecule has 130 valence electrons. The number of anilines is 1. The first-order valence-electron chi connectivity index (χ1n) is 8.69. The third-order valence-corrected chi connectivity index (χ3v) is 5.05. The number of piperidine rings is 1. The molecule has 0 N–H and O–H groups in total. The lowest BCUT2D eigenvalue weighted by Crippen LogP contribution is -2.50. The van der Waals surface area contributed by atoms with Crippen molar-refractivity contribution in [2.75, 3.05) is 44.2 Å². The number of likely N-dealkylation sites (tertiary alicyclic amines) is 1. The van der Waals surface area contributed by atoms with Gasteiger partial charge in [0.1, 0.15) is 6.42 Å². The SMILES string of the molecule is O=C(CC(=O)N1CCN(c2cccc(Cl)c2)CC1)N1CCCCC1. The van der Waals surface area contributed by atoms with Gasteiger partial charge in [0.25, 0.3) is 0 Å². The molecule has 3 rings (SSSR count). The van der Waals surface area contributed by atoms with E-state index in [1.54, 1.807) is 0 Å². The molecule has 2 aliphatic rings. The molecule has 1 aromatic carbocycles. The van der Waals surface area contributed by atoms with Crippen LogP contribution in [0.5, 0.6) is 0 Å². The number of carbonyl (C=O) groups is 2. The van der Waals surface area contributed by atoms with Crippen LogP contribution in [0.1, 0.15) is 25.7 Å². The monoisotopic (exact) mass is 349 g/mol. The summed E-state index contributed by atoms with van der Waals surface area (Å²) in [5, 5.41) is 0.720. The van der Waals surface area contributed by atoms with Crippen molar-refractivity contribution in [1.82, 2.24) is 9.80 Å². The van der Waals surface area contributed by atoms with E-state index in [4.69, 9.17) is 11.6 Å². The van der Waals surface area contributed by atoms with Gasteiger partial charge >= 0.3 is 0 Å². The molecule has 2 fully saturated rings. The highest BCUT2D eigenvalue weighted by molar-refractivity contribution is 6.30. The number of piperazine rings is 1. The van der Waals surface area contributed by atoms with Crippen LogP contribution in [0.2, 0.25) is 5.02 Å². The van der Waals surface area contributed by atoms with Gasteiger partial charge in [-0.3, -0.25) is 9.59 Å². The number of hydrogen-bond acceptors (Lipinski definition) is 3.